The van der Waals surface area contributed by atoms with E-state index in [1.54, 1.807) is 25.1 Å². The fourth-order valence-corrected chi connectivity index (χ4v) is 2.12. The van der Waals surface area contributed by atoms with E-state index in [9.17, 15) is 9.18 Å². The summed E-state index contributed by atoms with van der Waals surface area (Å²) in [4.78, 5) is 12.2. The minimum atomic E-state index is -0.457. The van der Waals surface area contributed by atoms with Crippen LogP contribution < -0.4 is 14.8 Å². The molecule has 0 heterocycles. The quantitative estimate of drug-likeness (QED) is 0.923. The molecule has 2 aromatic rings. The van der Waals surface area contributed by atoms with Gasteiger partial charge in [0.2, 0.25) is 0 Å². The van der Waals surface area contributed by atoms with Gasteiger partial charge in [-0.15, -0.1) is 0 Å². The number of ether oxygens (including phenoxy) is 2. The minimum absolute atomic E-state index is 0.207. The molecule has 1 N–H and O–H groups in total. The maximum Gasteiger partial charge on any atom is 0.255 e. The van der Waals surface area contributed by atoms with E-state index in [1.807, 2.05) is 0 Å². The Balaban J connectivity index is 2.32. The highest BCUT2D eigenvalue weighted by atomic mass is 35.5. The molecule has 0 saturated heterocycles. The summed E-state index contributed by atoms with van der Waals surface area (Å²) in [6, 6.07) is 7.36. The van der Waals surface area contributed by atoms with E-state index in [1.165, 1.54) is 26.4 Å². The Hall–Kier alpha value is -2.27. The number of anilines is 1. The average Bonchev–Trinajstić information content (AvgIpc) is 2.51. The standard InChI is InChI=1S/C16H15ClFNO3/c1-9-4-5-10(6-12(9)18)16(20)19-13-8-14(21-2)11(17)7-15(13)22-3/h4-8H,1-3H3,(H,19,20). The Morgan fingerprint density at radius 2 is 1.82 bits per heavy atom. The normalized spacial score (nSPS) is 10.2. The molecule has 0 aromatic heterocycles. The summed E-state index contributed by atoms with van der Waals surface area (Å²) < 4.78 is 23.8. The van der Waals surface area contributed by atoms with Crippen molar-refractivity contribution in [1.29, 1.82) is 0 Å². The Morgan fingerprint density at radius 1 is 1.14 bits per heavy atom. The number of halogens is 2. The summed E-state index contributed by atoms with van der Waals surface area (Å²) in [5, 5.41) is 3.02. The summed E-state index contributed by atoms with van der Waals surface area (Å²) >= 11 is 6.00. The summed E-state index contributed by atoms with van der Waals surface area (Å²) in [6.45, 7) is 1.63. The second kappa shape index (κ2) is 6.66. The van der Waals surface area contributed by atoms with Crippen molar-refractivity contribution >= 4 is 23.2 Å². The first kappa shape index (κ1) is 16.1. The average molecular weight is 324 g/mol. The zero-order chi connectivity index (χ0) is 16.3. The van der Waals surface area contributed by atoms with Crippen LogP contribution in [-0.4, -0.2) is 20.1 Å². The number of amides is 1. The molecule has 0 bridgehead atoms. The van der Waals surface area contributed by atoms with Crippen molar-refractivity contribution in [1.82, 2.24) is 0 Å². The molecule has 116 valence electrons. The highest BCUT2D eigenvalue weighted by molar-refractivity contribution is 6.32. The fraction of sp³-hybridized carbons (Fsp3) is 0.188. The molecule has 4 nitrogen and oxygen atoms in total. The summed E-state index contributed by atoms with van der Waals surface area (Å²) in [6.07, 6.45) is 0. The second-order valence-corrected chi connectivity index (χ2v) is 5.01. The molecule has 0 spiro atoms. The zero-order valence-corrected chi connectivity index (χ0v) is 13.1. The van der Waals surface area contributed by atoms with Gasteiger partial charge in [-0.1, -0.05) is 17.7 Å². The van der Waals surface area contributed by atoms with Gasteiger partial charge < -0.3 is 14.8 Å². The van der Waals surface area contributed by atoms with Crippen LogP contribution in [-0.2, 0) is 0 Å². The van der Waals surface area contributed by atoms with Crippen molar-refractivity contribution in [3.8, 4) is 11.5 Å². The van der Waals surface area contributed by atoms with E-state index in [2.05, 4.69) is 5.32 Å². The van der Waals surface area contributed by atoms with Crippen LogP contribution in [0.5, 0.6) is 11.5 Å². The van der Waals surface area contributed by atoms with Crippen LogP contribution in [0.4, 0.5) is 10.1 Å². The van der Waals surface area contributed by atoms with Gasteiger partial charge in [-0.3, -0.25) is 4.79 Å². The predicted octanol–water partition coefficient (Wildman–Crippen LogP) is 4.06. The first-order chi connectivity index (χ1) is 10.5. The van der Waals surface area contributed by atoms with Gasteiger partial charge in [-0.2, -0.15) is 0 Å². The predicted molar refractivity (Wildman–Crippen MR) is 83.6 cm³/mol. The largest absolute Gasteiger partial charge is 0.495 e. The van der Waals surface area contributed by atoms with E-state index in [4.69, 9.17) is 21.1 Å². The van der Waals surface area contributed by atoms with Crippen molar-refractivity contribution in [3.05, 3.63) is 52.3 Å². The van der Waals surface area contributed by atoms with Gasteiger partial charge in [0.25, 0.3) is 5.91 Å². The number of aryl methyl sites for hydroxylation is 1. The number of methoxy groups -OCH3 is 2. The third-order valence-electron chi connectivity index (χ3n) is 3.16. The molecule has 2 rings (SSSR count). The Kier molecular flexibility index (Phi) is 4.88. The molecule has 22 heavy (non-hydrogen) atoms. The van der Waals surface area contributed by atoms with Crippen LogP contribution in [0, 0.1) is 12.7 Å². The van der Waals surface area contributed by atoms with E-state index in [0.717, 1.165) is 0 Å². The van der Waals surface area contributed by atoms with Gasteiger partial charge in [0.1, 0.15) is 17.3 Å². The highest BCUT2D eigenvalue weighted by Crippen LogP contribution is 2.36. The second-order valence-electron chi connectivity index (χ2n) is 4.61. The van der Waals surface area contributed by atoms with E-state index in [-0.39, 0.29) is 5.56 Å². The van der Waals surface area contributed by atoms with Crippen LogP contribution >= 0.6 is 11.6 Å². The monoisotopic (exact) mass is 323 g/mol. The van der Waals surface area contributed by atoms with Gasteiger partial charge in [0.15, 0.2) is 0 Å². The van der Waals surface area contributed by atoms with Crippen molar-refractivity contribution in [2.24, 2.45) is 0 Å². The molecule has 1 amide bonds. The maximum atomic E-state index is 13.6. The lowest BCUT2D eigenvalue weighted by Gasteiger charge is -2.13. The van der Waals surface area contributed by atoms with Crippen LogP contribution in [0.3, 0.4) is 0 Å². The topological polar surface area (TPSA) is 47.6 Å². The third-order valence-corrected chi connectivity index (χ3v) is 3.45. The van der Waals surface area contributed by atoms with Gasteiger partial charge in [0, 0.05) is 17.7 Å². The van der Waals surface area contributed by atoms with E-state index in [0.29, 0.717) is 27.8 Å². The smallest absolute Gasteiger partial charge is 0.255 e. The van der Waals surface area contributed by atoms with Gasteiger partial charge in [-0.05, 0) is 24.6 Å². The SMILES string of the molecule is COc1cc(NC(=O)c2ccc(C)c(F)c2)c(OC)cc1Cl. The zero-order valence-electron chi connectivity index (χ0n) is 12.4. The molecule has 0 aliphatic heterocycles. The number of hydrogen-bond donors (Lipinski definition) is 1. The molecule has 0 atom stereocenters. The van der Waals surface area contributed by atoms with Crippen LogP contribution in [0.2, 0.25) is 5.02 Å². The Labute approximate surface area is 132 Å². The lowest BCUT2D eigenvalue weighted by molar-refractivity contribution is 0.102. The van der Waals surface area contributed by atoms with Crippen molar-refractivity contribution < 1.29 is 18.7 Å². The summed E-state index contributed by atoms with van der Waals surface area (Å²) in [7, 11) is 2.92. The molecule has 0 unspecified atom stereocenters. The van der Waals surface area contributed by atoms with Crippen molar-refractivity contribution in [2.75, 3.05) is 19.5 Å². The molecule has 2 aromatic carbocycles. The molecule has 0 aliphatic rings. The minimum Gasteiger partial charge on any atom is -0.495 e. The van der Waals surface area contributed by atoms with Crippen LogP contribution in [0.25, 0.3) is 0 Å². The van der Waals surface area contributed by atoms with Crippen LogP contribution in [0.15, 0.2) is 30.3 Å². The number of benzene rings is 2. The molecule has 0 fully saturated rings. The highest BCUT2D eigenvalue weighted by Gasteiger charge is 2.14. The molecule has 0 aliphatic carbocycles. The first-order valence-electron chi connectivity index (χ1n) is 6.45. The lowest BCUT2D eigenvalue weighted by atomic mass is 10.1. The maximum absolute atomic E-state index is 13.6. The fourth-order valence-electron chi connectivity index (χ4n) is 1.89. The number of hydrogen-bond acceptors (Lipinski definition) is 3. The number of rotatable bonds is 4. The molecule has 6 heteroatoms. The lowest BCUT2D eigenvalue weighted by Crippen LogP contribution is -2.13. The molecule has 0 radical (unpaired) electrons. The van der Waals surface area contributed by atoms with E-state index < -0.39 is 11.7 Å². The third kappa shape index (κ3) is 3.31. The van der Waals surface area contributed by atoms with Gasteiger partial charge in [-0.25, -0.2) is 4.39 Å². The number of nitrogens with one attached hydrogen (secondary N) is 1. The molecule has 0 saturated carbocycles. The van der Waals surface area contributed by atoms with Crippen molar-refractivity contribution in [3.63, 3.8) is 0 Å². The number of carbonyl (C=O) groups is 1. The number of carbonyl (C=O) groups excluding carboxylic acids is 1. The summed E-state index contributed by atoms with van der Waals surface area (Å²) in [5.41, 5.74) is 1.07. The van der Waals surface area contributed by atoms with Crippen LogP contribution in [0.1, 0.15) is 15.9 Å². The first-order valence-corrected chi connectivity index (χ1v) is 6.83. The Morgan fingerprint density at radius 3 is 2.41 bits per heavy atom. The van der Waals surface area contributed by atoms with E-state index >= 15 is 0 Å². The molecular formula is C16H15ClFNO3. The van der Waals surface area contributed by atoms with Crippen molar-refractivity contribution in [2.45, 2.75) is 6.92 Å². The Bertz CT molecular complexity index is 719. The van der Waals surface area contributed by atoms with Gasteiger partial charge in [0.05, 0.1) is 24.9 Å². The van der Waals surface area contributed by atoms with Gasteiger partial charge >= 0.3 is 0 Å². The summed E-state index contributed by atoms with van der Waals surface area (Å²) in [5.74, 6) is -0.116. The molecular weight excluding hydrogens is 309 g/mol.